The van der Waals surface area contributed by atoms with Gasteiger partial charge in [-0.1, -0.05) is 13.3 Å². The van der Waals surface area contributed by atoms with Gasteiger partial charge in [0.05, 0.1) is 18.2 Å². The molecule has 0 radical (unpaired) electrons. The number of aliphatic hydroxyl groups excluding tert-OH is 2. The first-order valence-corrected chi connectivity index (χ1v) is 8.03. The third-order valence-corrected chi connectivity index (χ3v) is 4.99. The van der Waals surface area contributed by atoms with Crippen LogP contribution in [0.5, 0.6) is 0 Å². The molecule has 21 heavy (non-hydrogen) atoms. The summed E-state index contributed by atoms with van der Waals surface area (Å²) in [5.74, 6) is -0.172. The molecule has 1 unspecified atom stereocenters. The molecule has 0 spiro atoms. The molecule has 2 saturated heterocycles. The fraction of sp³-hybridized carbons (Fsp3) is 0.933. The molecule has 2 heterocycles. The second kappa shape index (κ2) is 7.05. The number of nitrogens with zero attached hydrogens (tertiary/aromatic N) is 2. The van der Waals surface area contributed by atoms with Gasteiger partial charge in [-0.15, -0.1) is 0 Å². The second-order valence-electron chi connectivity index (χ2n) is 6.75. The van der Waals surface area contributed by atoms with E-state index in [1.54, 1.807) is 0 Å². The zero-order valence-corrected chi connectivity index (χ0v) is 13.1. The van der Waals surface area contributed by atoms with Crippen molar-refractivity contribution in [1.29, 1.82) is 0 Å². The van der Waals surface area contributed by atoms with E-state index in [1.165, 1.54) is 0 Å². The van der Waals surface area contributed by atoms with Crippen LogP contribution in [0.3, 0.4) is 0 Å². The highest BCUT2D eigenvalue weighted by atomic mass is 16.3. The van der Waals surface area contributed by atoms with Crippen molar-refractivity contribution in [2.75, 3.05) is 26.2 Å². The number of carbonyl (C=O) groups excluding carboxylic acids is 1. The fourth-order valence-corrected chi connectivity index (χ4v) is 3.63. The lowest BCUT2D eigenvalue weighted by atomic mass is 9.93. The Balaban J connectivity index is 1.93. The summed E-state index contributed by atoms with van der Waals surface area (Å²) in [7, 11) is 0. The molecular formula is C15H29N3O3. The zero-order chi connectivity index (χ0) is 15.6. The van der Waals surface area contributed by atoms with Gasteiger partial charge in [-0.3, -0.25) is 14.6 Å². The second-order valence-corrected chi connectivity index (χ2v) is 6.75. The maximum atomic E-state index is 11.6. The number of β-amino-alcohol motifs (C(OH)–C–C–N with tert-alkyl or cyclic N) is 1. The topological polar surface area (TPSA) is 90.0 Å². The van der Waals surface area contributed by atoms with E-state index in [0.29, 0.717) is 6.54 Å². The predicted molar refractivity (Wildman–Crippen MR) is 80.6 cm³/mol. The first kappa shape index (κ1) is 16.7. The molecule has 0 aromatic carbocycles. The minimum atomic E-state index is -0.690. The number of rotatable bonds is 4. The van der Waals surface area contributed by atoms with Crippen molar-refractivity contribution in [2.45, 2.75) is 57.4 Å². The molecule has 2 rings (SSSR count). The number of amides is 1. The van der Waals surface area contributed by atoms with Crippen LogP contribution < -0.4 is 5.73 Å². The summed E-state index contributed by atoms with van der Waals surface area (Å²) in [6.07, 6.45) is 1.68. The van der Waals surface area contributed by atoms with Crippen LogP contribution in [0.15, 0.2) is 0 Å². The Labute approximate surface area is 126 Å². The molecule has 5 atom stereocenters. The normalized spacial score (nSPS) is 37.3. The maximum Gasteiger partial charge on any atom is 0.234 e. The van der Waals surface area contributed by atoms with E-state index in [-0.39, 0.29) is 23.9 Å². The Kier molecular flexibility index (Phi) is 5.60. The molecule has 1 amide bonds. The van der Waals surface area contributed by atoms with Gasteiger partial charge < -0.3 is 15.9 Å². The van der Waals surface area contributed by atoms with E-state index in [0.717, 1.165) is 38.9 Å². The lowest BCUT2D eigenvalue weighted by Gasteiger charge is -2.43. The summed E-state index contributed by atoms with van der Waals surface area (Å²) in [5, 5.41) is 19.8. The van der Waals surface area contributed by atoms with Gasteiger partial charge in [-0.2, -0.15) is 0 Å². The van der Waals surface area contributed by atoms with Crippen molar-refractivity contribution in [3.05, 3.63) is 0 Å². The molecule has 0 aromatic heterocycles. The average Bonchev–Trinajstić information content (AvgIpc) is 2.44. The van der Waals surface area contributed by atoms with Crippen LogP contribution in [0.25, 0.3) is 0 Å². The molecule has 0 saturated carbocycles. The lowest BCUT2D eigenvalue weighted by molar-refractivity contribution is -0.125. The third kappa shape index (κ3) is 3.94. The van der Waals surface area contributed by atoms with Crippen molar-refractivity contribution in [3.8, 4) is 0 Å². The number of likely N-dealkylation sites (tertiary alicyclic amines) is 2. The van der Waals surface area contributed by atoms with Gasteiger partial charge in [0.25, 0.3) is 0 Å². The van der Waals surface area contributed by atoms with Crippen LogP contribution in [-0.4, -0.2) is 76.4 Å². The average molecular weight is 299 g/mol. The van der Waals surface area contributed by atoms with E-state index < -0.39 is 12.2 Å². The molecule has 0 aliphatic carbocycles. The lowest BCUT2D eigenvalue weighted by Crippen LogP contribution is -2.58. The highest BCUT2D eigenvalue weighted by molar-refractivity contribution is 5.79. The number of hydrogen-bond acceptors (Lipinski definition) is 5. The van der Waals surface area contributed by atoms with Gasteiger partial charge in [0.2, 0.25) is 5.91 Å². The van der Waals surface area contributed by atoms with Crippen molar-refractivity contribution < 1.29 is 15.0 Å². The van der Waals surface area contributed by atoms with E-state index in [1.807, 2.05) is 6.92 Å². The SMILES string of the molecule is C[C@H]1CN([C@@H](C)CN2CCCCC2C(N)=O)C[C@H](O)[C@@H]1O. The molecule has 2 aliphatic heterocycles. The predicted octanol–water partition coefficient (Wildman–Crippen LogP) is -0.612. The fourth-order valence-electron chi connectivity index (χ4n) is 3.63. The Morgan fingerprint density at radius 3 is 2.67 bits per heavy atom. The summed E-state index contributed by atoms with van der Waals surface area (Å²) in [6, 6.07) is 0.0773. The van der Waals surface area contributed by atoms with Gasteiger partial charge in [0, 0.05) is 25.7 Å². The zero-order valence-electron chi connectivity index (χ0n) is 13.1. The van der Waals surface area contributed by atoms with Crippen molar-refractivity contribution in [2.24, 2.45) is 11.7 Å². The highest BCUT2D eigenvalue weighted by Crippen LogP contribution is 2.22. The Hall–Kier alpha value is -0.690. The molecule has 0 bridgehead atoms. The Morgan fingerprint density at radius 2 is 2.05 bits per heavy atom. The number of hydrogen-bond donors (Lipinski definition) is 3. The van der Waals surface area contributed by atoms with Crippen molar-refractivity contribution >= 4 is 5.91 Å². The summed E-state index contributed by atoms with van der Waals surface area (Å²) in [6.45, 7) is 7.02. The van der Waals surface area contributed by atoms with Gasteiger partial charge in [-0.25, -0.2) is 0 Å². The molecule has 4 N–H and O–H groups in total. The van der Waals surface area contributed by atoms with E-state index in [4.69, 9.17) is 5.73 Å². The monoisotopic (exact) mass is 299 g/mol. The van der Waals surface area contributed by atoms with Crippen LogP contribution in [0.4, 0.5) is 0 Å². The summed E-state index contributed by atoms with van der Waals surface area (Å²) in [4.78, 5) is 15.9. The molecule has 122 valence electrons. The number of piperidine rings is 2. The maximum absolute atomic E-state index is 11.6. The number of nitrogens with two attached hydrogens (primary N) is 1. The first-order chi connectivity index (χ1) is 9.90. The summed E-state index contributed by atoms with van der Waals surface area (Å²) >= 11 is 0. The van der Waals surface area contributed by atoms with E-state index in [2.05, 4.69) is 16.7 Å². The van der Waals surface area contributed by atoms with Crippen LogP contribution in [0.1, 0.15) is 33.1 Å². The molecule has 0 aromatic rings. The van der Waals surface area contributed by atoms with Crippen molar-refractivity contribution in [3.63, 3.8) is 0 Å². The largest absolute Gasteiger partial charge is 0.390 e. The van der Waals surface area contributed by atoms with Gasteiger partial charge in [0.15, 0.2) is 0 Å². The summed E-state index contributed by atoms with van der Waals surface area (Å²) < 4.78 is 0. The Morgan fingerprint density at radius 1 is 1.33 bits per heavy atom. The van der Waals surface area contributed by atoms with E-state index in [9.17, 15) is 15.0 Å². The van der Waals surface area contributed by atoms with Crippen LogP contribution in [-0.2, 0) is 4.79 Å². The van der Waals surface area contributed by atoms with E-state index >= 15 is 0 Å². The Bertz CT molecular complexity index is 354. The number of carbonyl (C=O) groups is 1. The van der Waals surface area contributed by atoms with Gasteiger partial charge >= 0.3 is 0 Å². The van der Waals surface area contributed by atoms with Crippen molar-refractivity contribution in [1.82, 2.24) is 9.80 Å². The number of aliphatic hydroxyl groups is 2. The minimum absolute atomic E-state index is 0.0597. The molecule has 2 aliphatic rings. The minimum Gasteiger partial charge on any atom is -0.390 e. The number of primary amides is 1. The molecule has 6 heteroatoms. The van der Waals surface area contributed by atoms with Crippen LogP contribution >= 0.6 is 0 Å². The van der Waals surface area contributed by atoms with Crippen LogP contribution in [0.2, 0.25) is 0 Å². The van der Waals surface area contributed by atoms with Gasteiger partial charge in [0.1, 0.15) is 0 Å². The molecular weight excluding hydrogens is 270 g/mol. The summed E-state index contributed by atoms with van der Waals surface area (Å²) in [5.41, 5.74) is 5.51. The van der Waals surface area contributed by atoms with Crippen LogP contribution in [0, 0.1) is 5.92 Å². The quantitative estimate of drug-likeness (QED) is 0.644. The highest BCUT2D eigenvalue weighted by Gasteiger charge is 2.35. The first-order valence-electron chi connectivity index (χ1n) is 8.03. The third-order valence-electron chi connectivity index (χ3n) is 4.99. The molecule has 6 nitrogen and oxygen atoms in total. The van der Waals surface area contributed by atoms with Gasteiger partial charge in [-0.05, 0) is 32.2 Å². The molecule has 2 fully saturated rings. The smallest absolute Gasteiger partial charge is 0.234 e. The standard InChI is InChI=1S/C15H29N3O3/c1-10-7-18(9-13(19)14(10)20)11(2)8-17-6-4-3-5-12(17)15(16)21/h10-14,19-20H,3-9H2,1-2H3,(H2,16,21)/t10-,11-,12?,13-,14+/m0/s1.